The van der Waals surface area contributed by atoms with Gasteiger partial charge in [0, 0.05) is 39.8 Å². The van der Waals surface area contributed by atoms with E-state index in [2.05, 4.69) is 20.5 Å². The van der Waals surface area contributed by atoms with E-state index in [1.807, 2.05) is 30.6 Å². The Kier molecular flexibility index (Phi) is 7.44. The highest BCUT2D eigenvalue weighted by atomic mass is 35.5. The van der Waals surface area contributed by atoms with Crippen LogP contribution in [-0.2, 0) is 16.1 Å². The highest BCUT2D eigenvalue weighted by Gasteiger charge is 2.22. The Labute approximate surface area is 174 Å². The summed E-state index contributed by atoms with van der Waals surface area (Å²) in [7, 11) is 1.84. The summed E-state index contributed by atoms with van der Waals surface area (Å²) in [6.07, 6.45) is 0. The first-order chi connectivity index (χ1) is 13.5. The van der Waals surface area contributed by atoms with Crippen molar-refractivity contribution in [2.75, 3.05) is 51.6 Å². The fraction of sp³-hybridized carbons (Fsp3) is 0.400. The number of halogens is 1. The molecular formula is C20H25ClN4O2S. The van der Waals surface area contributed by atoms with E-state index in [9.17, 15) is 9.59 Å². The molecule has 0 radical (unpaired) electrons. The van der Waals surface area contributed by atoms with Gasteiger partial charge in [-0.3, -0.25) is 19.4 Å². The first kappa shape index (κ1) is 20.8. The SMILES string of the molecule is CN(Cc1ccsc1)C(=O)CN1CCN(CC(=O)Nc2ccccc2Cl)CC1. The lowest BCUT2D eigenvalue weighted by molar-refractivity contribution is -0.132. The second kappa shape index (κ2) is 10.0. The molecule has 0 saturated carbocycles. The largest absolute Gasteiger partial charge is 0.340 e. The smallest absolute Gasteiger partial charge is 0.238 e. The monoisotopic (exact) mass is 420 g/mol. The number of amides is 2. The van der Waals surface area contributed by atoms with Crippen LogP contribution >= 0.6 is 22.9 Å². The van der Waals surface area contributed by atoms with Crippen molar-refractivity contribution in [3.63, 3.8) is 0 Å². The van der Waals surface area contributed by atoms with Gasteiger partial charge in [0.25, 0.3) is 0 Å². The highest BCUT2D eigenvalue weighted by Crippen LogP contribution is 2.20. The topological polar surface area (TPSA) is 55.9 Å². The van der Waals surface area contributed by atoms with Gasteiger partial charge >= 0.3 is 0 Å². The summed E-state index contributed by atoms with van der Waals surface area (Å²) in [5.41, 5.74) is 1.79. The maximum atomic E-state index is 12.4. The maximum absolute atomic E-state index is 12.4. The molecule has 0 atom stereocenters. The predicted octanol–water partition coefficient (Wildman–Crippen LogP) is 2.62. The molecule has 2 aromatic rings. The number of rotatable bonds is 7. The molecular weight excluding hydrogens is 396 g/mol. The Morgan fingerprint density at radius 2 is 1.79 bits per heavy atom. The second-order valence-electron chi connectivity index (χ2n) is 6.96. The third kappa shape index (κ3) is 6.04. The molecule has 2 amide bonds. The summed E-state index contributed by atoms with van der Waals surface area (Å²) < 4.78 is 0. The van der Waals surface area contributed by atoms with Crippen molar-refractivity contribution in [1.29, 1.82) is 0 Å². The number of para-hydroxylation sites is 1. The average Bonchev–Trinajstić information content (AvgIpc) is 3.18. The summed E-state index contributed by atoms with van der Waals surface area (Å²) in [4.78, 5) is 30.7. The van der Waals surface area contributed by atoms with Gasteiger partial charge in [-0.25, -0.2) is 0 Å². The number of hydrogen-bond donors (Lipinski definition) is 1. The molecule has 0 aliphatic carbocycles. The molecule has 1 N–H and O–H groups in total. The second-order valence-corrected chi connectivity index (χ2v) is 8.15. The number of nitrogens with one attached hydrogen (secondary N) is 1. The molecule has 1 aromatic carbocycles. The van der Waals surface area contributed by atoms with Crippen LogP contribution in [0.2, 0.25) is 5.02 Å². The number of carbonyl (C=O) groups excluding carboxylic acids is 2. The summed E-state index contributed by atoms with van der Waals surface area (Å²) in [6.45, 7) is 4.46. The quantitative estimate of drug-likeness (QED) is 0.748. The van der Waals surface area contributed by atoms with Crippen molar-refractivity contribution < 1.29 is 9.59 Å². The number of nitrogens with zero attached hydrogens (tertiary/aromatic N) is 3. The van der Waals surface area contributed by atoms with E-state index in [0.29, 0.717) is 30.3 Å². The van der Waals surface area contributed by atoms with E-state index in [1.165, 1.54) is 0 Å². The molecule has 0 bridgehead atoms. The van der Waals surface area contributed by atoms with E-state index >= 15 is 0 Å². The third-order valence-electron chi connectivity index (χ3n) is 4.76. The van der Waals surface area contributed by atoms with E-state index in [-0.39, 0.29) is 11.8 Å². The fourth-order valence-electron chi connectivity index (χ4n) is 3.12. The maximum Gasteiger partial charge on any atom is 0.238 e. The van der Waals surface area contributed by atoms with Gasteiger partial charge in [0.15, 0.2) is 0 Å². The van der Waals surface area contributed by atoms with Gasteiger partial charge in [0.1, 0.15) is 0 Å². The van der Waals surface area contributed by atoms with Crippen LogP contribution in [0.3, 0.4) is 0 Å². The molecule has 1 saturated heterocycles. The van der Waals surface area contributed by atoms with Crippen molar-refractivity contribution in [2.45, 2.75) is 6.54 Å². The molecule has 1 fully saturated rings. The van der Waals surface area contributed by atoms with E-state index in [4.69, 9.17) is 11.6 Å². The number of piperazine rings is 1. The summed E-state index contributed by atoms with van der Waals surface area (Å²) >= 11 is 7.72. The number of likely N-dealkylation sites (N-methyl/N-ethyl adjacent to an activating group) is 1. The first-order valence-corrected chi connectivity index (χ1v) is 10.6. The van der Waals surface area contributed by atoms with Crippen LogP contribution in [0.4, 0.5) is 5.69 Å². The van der Waals surface area contributed by atoms with Gasteiger partial charge in [0.05, 0.1) is 23.8 Å². The molecule has 2 heterocycles. The summed E-state index contributed by atoms with van der Waals surface area (Å²) in [5.74, 6) is 0.0456. The van der Waals surface area contributed by atoms with E-state index in [0.717, 1.165) is 31.7 Å². The molecule has 150 valence electrons. The van der Waals surface area contributed by atoms with E-state index < -0.39 is 0 Å². The number of anilines is 1. The van der Waals surface area contributed by atoms with Gasteiger partial charge in [0.2, 0.25) is 11.8 Å². The lowest BCUT2D eigenvalue weighted by atomic mass is 10.2. The Morgan fingerprint density at radius 1 is 1.11 bits per heavy atom. The Bertz CT molecular complexity index is 791. The van der Waals surface area contributed by atoms with Crippen LogP contribution in [-0.4, -0.2) is 72.8 Å². The van der Waals surface area contributed by atoms with Gasteiger partial charge in [-0.2, -0.15) is 11.3 Å². The number of thiophene rings is 1. The summed E-state index contributed by atoms with van der Waals surface area (Å²) in [5, 5.41) is 7.47. The van der Waals surface area contributed by atoms with Crippen LogP contribution < -0.4 is 5.32 Å². The lowest BCUT2D eigenvalue weighted by Crippen LogP contribution is -2.51. The van der Waals surface area contributed by atoms with Crippen LogP contribution in [0.15, 0.2) is 41.1 Å². The zero-order valence-electron chi connectivity index (χ0n) is 15.9. The zero-order chi connectivity index (χ0) is 19.9. The van der Waals surface area contributed by atoms with Crippen molar-refractivity contribution in [3.8, 4) is 0 Å². The average molecular weight is 421 g/mol. The number of benzene rings is 1. The first-order valence-electron chi connectivity index (χ1n) is 9.25. The molecule has 8 heteroatoms. The van der Waals surface area contributed by atoms with E-state index in [1.54, 1.807) is 28.4 Å². The van der Waals surface area contributed by atoms with Gasteiger partial charge in [-0.1, -0.05) is 23.7 Å². The number of carbonyl (C=O) groups is 2. The molecule has 3 rings (SSSR count). The van der Waals surface area contributed by atoms with Crippen LogP contribution in [0, 0.1) is 0 Å². The third-order valence-corrected chi connectivity index (χ3v) is 5.83. The van der Waals surface area contributed by atoms with Crippen molar-refractivity contribution >= 4 is 40.4 Å². The van der Waals surface area contributed by atoms with Crippen molar-refractivity contribution in [2.24, 2.45) is 0 Å². The minimum Gasteiger partial charge on any atom is -0.340 e. The van der Waals surface area contributed by atoms with Crippen molar-refractivity contribution in [1.82, 2.24) is 14.7 Å². The molecule has 28 heavy (non-hydrogen) atoms. The molecule has 0 spiro atoms. The van der Waals surface area contributed by atoms with Gasteiger partial charge < -0.3 is 10.2 Å². The highest BCUT2D eigenvalue weighted by molar-refractivity contribution is 7.07. The van der Waals surface area contributed by atoms with Crippen molar-refractivity contribution in [3.05, 3.63) is 51.7 Å². The lowest BCUT2D eigenvalue weighted by Gasteiger charge is -2.34. The minimum atomic E-state index is -0.0758. The molecule has 1 aliphatic rings. The molecule has 1 aromatic heterocycles. The molecule has 6 nitrogen and oxygen atoms in total. The summed E-state index contributed by atoms with van der Waals surface area (Å²) in [6, 6.07) is 9.25. The normalized spacial score (nSPS) is 15.4. The van der Waals surface area contributed by atoms with Gasteiger partial charge in [-0.05, 0) is 34.5 Å². The fourth-order valence-corrected chi connectivity index (χ4v) is 3.96. The van der Waals surface area contributed by atoms with Gasteiger partial charge in [-0.15, -0.1) is 0 Å². The van der Waals surface area contributed by atoms with Crippen LogP contribution in [0.1, 0.15) is 5.56 Å². The minimum absolute atomic E-state index is 0.0758. The Hall–Kier alpha value is -1.93. The van der Waals surface area contributed by atoms with Crippen LogP contribution in [0.5, 0.6) is 0 Å². The Morgan fingerprint density at radius 3 is 2.43 bits per heavy atom. The zero-order valence-corrected chi connectivity index (χ0v) is 17.5. The molecule has 0 unspecified atom stereocenters. The number of hydrogen-bond acceptors (Lipinski definition) is 5. The predicted molar refractivity (Wildman–Crippen MR) is 114 cm³/mol. The molecule has 1 aliphatic heterocycles. The van der Waals surface area contributed by atoms with Crippen LogP contribution in [0.25, 0.3) is 0 Å². The Balaban J connectivity index is 1.38. The standard InChI is InChI=1S/C20H25ClN4O2S/c1-23(12-16-6-11-28-15-16)20(27)14-25-9-7-24(8-10-25)13-19(26)22-18-5-3-2-4-17(18)21/h2-6,11,15H,7-10,12-14H2,1H3,(H,22,26).